The Morgan fingerprint density at radius 2 is 1.15 bits per heavy atom. The molecule has 0 unspecified atom stereocenters. The maximum Gasteiger partial charge on any atom is 0.00931 e. The highest BCUT2D eigenvalue weighted by molar-refractivity contribution is 8.63. The summed E-state index contributed by atoms with van der Waals surface area (Å²) in [6.45, 7) is 0. The standard InChI is InChI=1S/C10H19PS2/c12-11(13,9-5-1-2-6-9)10-7-3-4-8-10/h9-10H,1-8H2,(H,12,13). The molecule has 0 bridgehead atoms. The second kappa shape index (κ2) is 4.24. The highest BCUT2D eigenvalue weighted by atomic mass is 32.9. The Labute approximate surface area is 92.0 Å². The van der Waals surface area contributed by atoms with E-state index in [1.807, 2.05) is 0 Å². The molecular formula is C10H19PS2. The molecular weight excluding hydrogens is 215 g/mol. The summed E-state index contributed by atoms with van der Waals surface area (Å²) >= 11 is 10.7. The first-order valence-electron chi connectivity index (χ1n) is 5.53. The van der Waals surface area contributed by atoms with Crippen molar-refractivity contribution in [1.29, 1.82) is 0 Å². The van der Waals surface area contributed by atoms with Crippen LogP contribution in [0.2, 0.25) is 0 Å². The van der Waals surface area contributed by atoms with Gasteiger partial charge in [-0.05, 0) is 37.0 Å². The van der Waals surface area contributed by atoms with Crippen molar-refractivity contribution in [2.24, 2.45) is 0 Å². The van der Waals surface area contributed by atoms with Crippen LogP contribution in [-0.4, -0.2) is 11.3 Å². The van der Waals surface area contributed by atoms with Gasteiger partial charge in [-0.3, -0.25) is 0 Å². The van der Waals surface area contributed by atoms with Gasteiger partial charge in [0.15, 0.2) is 0 Å². The topological polar surface area (TPSA) is 0 Å². The fraction of sp³-hybridized carbons (Fsp3) is 1.00. The van der Waals surface area contributed by atoms with E-state index in [2.05, 4.69) is 0 Å². The van der Waals surface area contributed by atoms with Crippen molar-refractivity contribution >= 4 is 29.3 Å². The molecule has 0 nitrogen and oxygen atoms in total. The van der Waals surface area contributed by atoms with Gasteiger partial charge >= 0.3 is 0 Å². The van der Waals surface area contributed by atoms with Crippen LogP contribution in [0.4, 0.5) is 0 Å². The fourth-order valence-corrected chi connectivity index (χ4v) is 8.30. The maximum absolute atomic E-state index is 5.84. The van der Waals surface area contributed by atoms with Crippen LogP contribution in [0.25, 0.3) is 0 Å². The lowest BCUT2D eigenvalue weighted by molar-refractivity contribution is 0.839. The molecule has 2 aliphatic carbocycles. The number of hydrogen-bond acceptors (Lipinski definition) is 1. The molecule has 0 atom stereocenters. The minimum absolute atomic E-state index is 0.842. The predicted molar refractivity (Wildman–Crippen MR) is 67.8 cm³/mol. The first-order chi connectivity index (χ1) is 6.21. The van der Waals surface area contributed by atoms with E-state index in [9.17, 15) is 0 Å². The minimum atomic E-state index is -1.26. The second-order valence-corrected chi connectivity index (χ2v) is 12.0. The summed E-state index contributed by atoms with van der Waals surface area (Å²) in [6, 6.07) is 0. The molecule has 0 aromatic rings. The van der Waals surface area contributed by atoms with Gasteiger partial charge in [-0.2, -0.15) is 0 Å². The van der Waals surface area contributed by atoms with Crippen molar-refractivity contribution in [3.8, 4) is 0 Å². The Balaban J connectivity index is 2.04. The molecule has 0 radical (unpaired) electrons. The van der Waals surface area contributed by atoms with E-state index in [1.54, 1.807) is 0 Å². The van der Waals surface area contributed by atoms with Crippen LogP contribution in [0, 0.1) is 0 Å². The molecule has 0 aromatic carbocycles. The Hall–Kier alpha value is 1.00. The zero-order chi connectivity index (χ0) is 9.31. The lowest BCUT2D eigenvalue weighted by atomic mass is 10.4. The molecule has 13 heavy (non-hydrogen) atoms. The van der Waals surface area contributed by atoms with Crippen molar-refractivity contribution in [2.45, 2.75) is 62.7 Å². The van der Waals surface area contributed by atoms with Crippen LogP contribution in [0.1, 0.15) is 51.4 Å². The summed E-state index contributed by atoms with van der Waals surface area (Å²) in [5, 5.41) is -1.26. The molecule has 76 valence electrons. The van der Waals surface area contributed by atoms with Gasteiger partial charge in [0, 0.05) is 5.24 Å². The van der Waals surface area contributed by atoms with Gasteiger partial charge in [0.2, 0.25) is 0 Å². The van der Waals surface area contributed by atoms with E-state index in [4.69, 9.17) is 24.1 Å². The van der Waals surface area contributed by atoms with Gasteiger partial charge in [-0.25, -0.2) is 0 Å². The summed E-state index contributed by atoms with van der Waals surface area (Å²) in [6.07, 6.45) is 11.2. The van der Waals surface area contributed by atoms with E-state index in [0.717, 1.165) is 11.3 Å². The molecule has 2 saturated carbocycles. The van der Waals surface area contributed by atoms with E-state index in [1.165, 1.54) is 51.4 Å². The molecule has 0 heterocycles. The van der Waals surface area contributed by atoms with Crippen LogP contribution >= 0.6 is 17.5 Å². The van der Waals surface area contributed by atoms with E-state index < -0.39 is 5.24 Å². The third kappa shape index (κ3) is 2.16. The van der Waals surface area contributed by atoms with E-state index in [0.29, 0.717) is 0 Å². The van der Waals surface area contributed by atoms with Gasteiger partial charge in [-0.15, -0.1) is 12.2 Å². The fourth-order valence-electron chi connectivity index (χ4n) is 2.85. The monoisotopic (exact) mass is 234 g/mol. The summed E-state index contributed by atoms with van der Waals surface area (Å²) in [7, 11) is 0. The molecule has 2 aliphatic rings. The third-order valence-electron chi connectivity index (χ3n) is 3.70. The van der Waals surface area contributed by atoms with Crippen LogP contribution in [0.15, 0.2) is 0 Å². The predicted octanol–water partition coefficient (Wildman–Crippen LogP) is 4.20. The van der Waals surface area contributed by atoms with Crippen molar-refractivity contribution < 1.29 is 0 Å². The lowest BCUT2D eigenvalue weighted by Gasteiger charge is -2.29. The van der Waals surface area contributed by atoms with Gasteiger partial charge in [-0.1, -0.05) is 37.5 Å². The maximum atomic E-state index is 5.84. The molecule has 2 rings (SSSR count). The summed E-state index contributed by atoms with van der Waals surface area (Å²) in [4.78, 5) is 0. The smallest absolute Gasteiger partial charge is 0.00931 e. The van der Waals surface area contributed by atoms with Crippen LogP contribution in [0.3, 0.4) is 0 Å². The van der Waals surface area contributed by atoms with Gasteiger partial charge in [0.25, 0.3) is 0 Å². The van der Waals surface area contributed by atoms with Crippen LogP contribution in [-0.2, 0) is 11.8 Å². The number of rotatable bonds is 2. The third-order valence-corrected chi connectivity index (χ3v) is 10.6. The highest BCUT2D eigenvalue weighted by Crippen LogP contribution is 2.67. The normalized spacial score (nSPS) is 27.2. The van der Waals surface area contributed by atoms with Gasteiger partial charge in [0.1, 0.15) is 0 Å². The molecule has 0 aromatic heterocycles. The minimum Gasteiger partial charge on any atom is -0.140 e. The van der Waals surface area contributed by atoms with Crippen molar-refractivity contribution in [2.75, 3.05) is 0 Å². The summed E-state index contributed by atoms with van der Waals surface area (Å²) < 4.78 is 0. The van der Waals surface area contributed by atoms with Crippen molar-refractivity contribution in [3.05, 3.63) is 0 Å². The van der Waals surface area contributed by atoms with Crippen molar-refractivity contribution in [1.82, 2.24) is 0 Å². The Kier molecular flexibility index (Phi) is 3.43. The molecule has 2 fully saturated rings. The zero-order valence-corrected chi connectivity index (χ0v) is 10.7. The Bertz CT molecular complexity index is 195. The van der Waals surface area contributed by atoms with Crippen molar-refractivity contribution in [3.63, 3.8) is 0 Å². The molecule has 0 aliphatic heterocycles. The SMILES string of the molecule is S=P(S)(C1CCCC1)C1CCCC1. The van der Waals surface area contributed by atoms with E-state index in [-0.39, 0.29) is 0 Å². The summed E-state index contributed by atoms with van der Waals surface area (Å²) in [5.74, 6) is 0. The molecule has 0 spiro atoms. The Morgan fingerprint density at radius 3 is 1.46 bits per heavy atom. The number of thiol groups is 1. The van der Waals surface area contributed by atoms with Gasteiger partial charge < -0.3 is 0 Å². The van der Waals surface area contributed by atoms with Crippen LogP contribution in [0.5, 0.6) is 0 Å². The second-order valence-electron chi connectivity index (χ2n) is 4.55. The average Bonchev–Trinajstić information content (AvgIpc) is 2.78. The average molecular weight is 234 g/mol. The van der Waals surface area contributed by atoms with E-state index >= 15 is 0 Å². The molecule has 0 N–H and O–H groups in total. The first-order valence-corrected chi connectivity index (χ1v) is 9.63. The van der Waals surface area contributed by atoms with Crippen LogP contribution < -0.4 is 0 Å². The molecule has 3 heteroatoms. The lowest BCUT2D eigenvalue weighted by Crippen LogP contribution is -2.09. The number of hydrogen-bond donors (Lipinski definition) is 1. The molecule has 0 saturated heterocycles. The molecule has 0 amide bonds. The Morgan fingerprint density at radius 1 is 0.846 bits per heavy atom. The highest BCUT2D eigenvalue weighted by Gasteiger charge is 2.35. The summed E-state index contributed by atoms with van der Waals surface area (Å²) in [5.41, 5.74) is 1.68. The quantitative estimate of drug-likeness (QED) is 0.552. The van der Waals surface area contributed by atoms with Gasteiger partial charge in [0.05, 0.1) is 0 Å². The first kappa shape index (κ1) is 10.5. The zero-order valence-electron chi connectivity index (χ0n) is 8.11. The largest absolute Gasteiger partial charge is 0.140 e.